The van der Waals surface area contributed by atoms with Crippen molar-refractivity contribution in [3.05, 3.63) is 48.2 Å². The summed E-state index contributed by atoms with van der Waals surface area (Å²) in [4.78, 5) is 17.5. The van der Waals surface area contributed by atoms with Crippen LogP contribution in [-0.2, 0) is 11.3 Å². The van der Waals surface area contributed by atoms with Gasteiger partial charge in [-0.2, -0.15) is 0 Å². The smallest absolute Gasteiger partial charge is 0.243 e. The van der Waals surface area contributed by atoms with Gasteiger partial charge in [-0.25, -0.2) is 4.99 Å². The van der Waals surface area contributed by atoms with Gasteiger partial charge < -0.3 is 20.0 Å². The number of amides is 1. The fraction of sp³-hybridized carbons (Fsp3) is 0.333. The zero-order valence-corrected chi connectivity index (χ0v) is 14.4. The zero-order chi connectivity index (χ0) is 17.5. The van der Waals surface area contributed by atoms with E-state index in [0.717, 1.165) is 22.3 Å². The number of carbonyl (C=O) groups excluding carboxylic acids is 1. The van der Waals surface area contributed by atoms with Crippen molar-refractivity contribution in [1.82, 2.24) is 15.5 Å². The number of fused-ring (bicyclic) bond motifs is 1. The number of guanidine groups is 1. The zero-order valence-electron chi connectivity index (χ0n) is 14.4. The molecule has 0 fully saturated rings. The molecule has 0 bridgehead atoms. The maximum Gasteiger partial charge on any atom is 0.243 e. The summed E-state index contributed by atoms with van der Waals surface area (Å²) in [5.74, 6) is 1.34. The number of nitrogens with zero attached hydrogens (tertiary/aromatic N) is 2. The second-order valence-electron chi connectivity index (χ2n) is 5.62. The first kappa shape index (κ1) is 17.6. The predicted octanol–water partition coefficient (Wildman–Crippen LogP) is 2.05. The van der Waals surface area contributed by atoms with E-state index in [9.17, 15) is 4.79 Å². The number of carbonyl (C=O) groups is 1. The minimum atomic E-state index is -0.0605. The highest BCUT2D eigenvalue weighted by molar-refractivity contribution is 5.85. The Bertz CT molecular complexity index is 747. The van der Waals surface area contributed by atoms with E-state index in [1.165, 1.54) is 4.90 Å². The lowest BCUT2D eigenvalue weighted by molar-refractivity contribution is -0.127. The predicted molar refractivity (Wildman–Crippen MR) is 97.0 cm³/mol. The third kappa shape index (κ3) is 4.38. The van der Waals surface area contributed by atoms with Gasteiger partial charge in [-0.15, -0.1) is 6.58 Å². The molecule has 6 nitrogen and oxygen atoms in total. The molecule has 0 aliphatic heterocycles. The highest BCUT2D eigenvalue weighted by atomic mass is 16.3. The number of hydrogen-bond acceptors (Lipinski definition) is 3. The van der Waals surface area contributed by atoms with Crippen LogP contribution in [0.4, 0.5) is 0 Å². The molecule has 6 heteroatoms. The average molecular weight is 328 g/mol. The number of rotatable bonds is 6. The van der Waals surface area contributed by atoms with E-state index < -0.39 is 0 Å². The SMILES string of the molecule is C=CCNC(=NCC(=O)N(C)C)NCc1oc2ccccc2c1C. The molecule has 0 saturated carbocycles. The van der Waals surface area contributed by atoms with E-state index in [4.69, 9.17) is 4.42 Å². The third-order valence-corrected chi connectivity index (χ3v) is 3.64. The van der Waals surface area contributed by atoms with E-state index in [0.29, 0.717) is 19.0 Å². The molecule has 0 atom stereocenters. The molecule has 1 heterocycles. The summed E-state index contributed by atoms with van der Waals surface area (Å²) in [5, 5.41) is 7.40. The molecule has 1 amide bonds. The highest BCUT2D eigenvalue weighted by Crippen LogP contribution is 2.24. The first-order valence-corrected chi connectivity index (χ1v) is 7.83. The first-order valence-electron chi connectivity index (χ1n) is 7.83. The summed E-state index contributed by atoms with van der Waals surface area (Å²) in [5.41, 5.74) is 1.97. The molecule has 0 aliphatic rings. The molecule has 2 N–H and O–H groups in total. The number of aryl methyl sites for hydroxylation is 1. The van der Waals surface area contributed by atoms with Gasteiger partial charge in [0, 0.05) is 31.6 Å². The minimum absolute atomic E-state index is 0.0605. The highest BCUT2D eigenvalue weighted by Gasteiger charge is 2.10. The lowest BCUT2D eigenvalue weighted by Gasteiger charge is -2.12. The Balaban J connectivity index is 2.08. The van der Waals surface area contributed by atoms with Crippen LogP contribution < -0.4 is 10.6 Å². The maximum absolute atomic E-state index is 11.7. The summed E-state index contributed by atoms with van der Waals surface area (Å²) >= 11 is 0. The van der Waals surface area contributed by atoms with E-state index in [1.807, 2.05) is 31.2 Å². The summed E-state index contributed by atoms with van der Waals surface area (Å²) in [6, 6.07) is 7.94. The fourth-order valence-corrected chi connectivity index (χ4v) is 2.19. The van der Waals surface area contributed by atoms with Gasteiger partial charge in [0.1, 0.15) is 17.9 Å². The molecular formula is C18H24N4O2. The third-order valence-electron chi connectivity index (χ3n) is 3.64. The molecular weight excluding hydrogens is 304 g/mol. The van der Waals surface area contributed by atoms with Crippen molar-refractivity contribution in [2.75, 3.05) is 27.2 Å². The normalized spacial score (nSPS) is 11.4. The minimum Gasteiger partial charge on any atom is -0.459 e. The number of likely N-dealkylation sites (N-methyl/N-ethyl adjacent to an activating group) is 1. The van der Waals surface area contributed by atoms with Crippen molar-refractivity contribution in [2.45, 2.75) is 13.5 Å². The van der Waals surface area contributed by atoms with Crippen LogP contribution in [0.15, 0.2) is 46.3 Å². The Labute approximate surface area is 142 Å². The van der Waals surface area contributed by atoms with Gasteiger partial charge in [-0.3, -0.25) is 4.79 Å². The van der Waals surface area contributed by atoms with E-state index in [2.05, 4.69) is 22.2 Å². The summed E-state index contributed by atoms with van der Waals surface area (Å²) in [7, 11) is 3.42. The Hall–Kier alpha value is -2.76. The number of hydrogen-bond donors (Lipinski definition) is 2. The lowest BCUT2D eigenvalue weighted by Crippen LogP contribution is -2.38. The fourth-order valence-electron chi connectivity index (χ4n) is 2.19. The van der Waals surface area contributed by atoms with Gasteiger partial charge in [0.05, 0.1) is 6.54 Å². The molecule has 128 valence electrons. The molecule has 0 saturated heterocycles. The van der Waals surface area contributed by atoms with Crippen LogP contribution in [0.2, 0.25) is 0 Å². The molecule has 2 rings (SSSR count). The molecule has 0 spiro atoms. The Kier molecular flexibility index (Phi) is 6.01. The van der Waals surface area contributed by atoms with Crippen LogP contribution in [0.25, 0.3) is 11.0 Å². The molecule has 2 aromatic rings. The summed E-state index contributed by atoms with van der Waals surface area (Å²) < 4.78 is 5.88. The number of aliphatic imine (C=N–C) groups is 1. The van der Waals surface area contributed by atoms with E-state index >= 15 is 0 Å². The number of nitrogens with one attached hydrogen (secondary N) is 2. The van der Waals surface area contributed by atoms with Crippen LogP contribution in [0.1, 0.15) is 11.3 Å². The van der Waals surface area contributed by atoms with Crippen molar-refractivity contribution >= 4 is 22.8 Å². The van der Waals surface area contributed by atoms with Crippen LogP contribution in [0, 0.1) is 6.92 Å². The van der Waals surface area contributed by atoms with E-state index in [1.54, 1.807) is 20.2 Å². The van der Waals surface area contributed by atoms with Crippen molar-refractivity contribution < 1.29 is 9.21 Å². The van der Waals surface area contributed by atoms with Gasteiger partial charge in [-0.05, 0) is 13.0 Å². The quantitative estimate of drug-likeness (QED) is 0.484. The van der Waals surface area contributed by atoms with Crippen molar-refractivity contribution in [2.24, 2.45) is 4.99 Å². The largest absolute Gasteiger partial charge is 0.459 e. The monoisotopic (exact) mass is 328 g/mol. The molecule has 0 aliphatic carbocycles. The first-order chi connectivity index (χ1) is 11.5. The van der Waals surface area contributed by atoms with Crippen LogP contribution in [0.5, 0.6) is 0 Å². The second kappa shape index (κ2) is 8.19. The van der Waals surface area contributed by atoms with Crippen molar-refractivity contribution in [1.29, 1.82) is 0 Å². The van der Waals surface area contributed by atoms with Gasteiger partial charge in [0.25, 0.3) is 0 Å². The second-order valence-corrected chi connectivity index (χ2v) is 5.62. The van der Waals surface area contributed by atoms with Gasteiger partial charge in [-0.1, -0.05) is 24.3 Å². The van der Waals surface area contributed by atoms with Crippen LogP contribution >= 0.6 is 0 Å². The maximum atomic E-state index is 11.7. The average Bonchev–Trinajstić information content (AvgIpc) is 2.90. The lowest BCUT2D eigenvalue weighted by atomic mass is 10.1. The van der Waals surface area contributed by atoms with Gasteiger partial charge in [0.2, 0.25) is 5.91 Å². The number of furan rings is 1. The molecule has 0 radical (unpaired) electrons. The van der Waals surface area contributed by atoms with Gasteiger partial charge in [0.15, 0.2) is 5.96 Å². The topological polar surface area (TPSA) is 69.9 Å². The molecule has 24 heavy (non-hydrogen) atoms. The Morgan fingerprint density at radius 3 is 2.75 bits per heavy atom. The standard InChI is InChI=1S/C18H24N4O2/c1-5-10-19-18(21-12-17(23)22(3)4)20-11-16-13(2)14-8-6-7-9-15(14)24-16/h5-9H,1,10-12H2,2-4H3,(H2,19,20,21). The molecule has 1 aromatic carbocycles. The summed E-state index contributed by atoms with van der Waals surface area (Å²) in [6.07, 6.45) is 1.73. The van der Waals surface area contributed by atoms with Crippen molar-refractivity contribution in [3.63, 3.8) is 0 Å². The van der Waals surface area contributed by atoms with Crippen LogP contribution in [-0.4, -0.2) is 44.0 Å². The molecule has 1 aromatic heterocycles. The Morgan fingerprint density at radius 1 is 1.33 bits per heavy atom. The number of para-hydroxylation sites is 1. The van der Waals surface area contributed by atoms with E-state index in [-0.39, 0.29) is 12.5 Å². The van der Waals surface area contributed by atoms with Gasteiger partial charge >= 0.3 is 0 Å². The number of benzene rings is 1. The van der Waals surface area contributed by atoms with Crippen molar-refractivity contribution in [3.8, 4) is 0 Å². The Morgan fingerprint density at radius 2 is 2.08 bits per heavy atom. The molecule has 0 unspecified atom stereocenters. The summed E-state index contributed by atoms with van der Waals surface area (Å²) in [6.45, 7) is 6.84. The van der Waals surface area contributed by atoms with Crippen LogP contribution in [0.3, 0.4) is 0 Å².